The Bertz CT molecular complexity index is 1410. The van der Waals surface area contributed by atoms with Gasteiger partial charge in [-0.15, -0.1) is 0 Å². The molecule has 0 spiro atoms. The van der Waals surface area contributed by atoms with Gasteiger partial charge >= 0.3 is 6.03 Å². The van der Waals surface area contributed by atoms with Crippen molar-refractivity contribution >= 4 is 40.8 Å². The highest BCUT2D eigenvalue weighted by Gasteiger charge is 2.72. The number of urea groups is 1. The van der Waals surface area contributed by atoms with Gasteiger partial charge in [0.05, 0.1) is 35.2 Å². The summed E-state index contributed by atoms with van der Waals surface area (Å²) in [6, 6.07) is 0.794. The van der Waals surface area contributed by atoms with E-state index in [-0.39, 0.29) is 43.0 Å². The lowest BCUT2D eigenvalue weighted by Gasteiger charge is -2.56. The number of hydrogen-bond donors (Lipinski definition) is 6. The highest BCUT2D eigenvalue weighted by Crippen LogP contribution is 2.55. The SMILES string of the molecule is CC1c2ccc(NC(=O)N3CCN(O)CC3)c(O)c2C(=O)C2C(=O)[C@]3(O)C(=O)C(C(N)=O)C(=O)[C@@H](N(C)C)C3C(O)C21. The van der Waals surface area contributed by atoms with Crippen LogP contribution in [0.25, 0.3) is 0 Å². The monoisotopic (exact) mass is 587 g/mol. The first kappa shape index (κ1) is 29.7. The molecule has 1 saturated heterocycles. The average molecular weight is 588 g/mol. The molecule has 15 nitrogen and oxygen atoms in total. The first-order valence-electron chi connectivity index (χ1n) is 13.5. The Morgan fingerprint density at radius 2 is 1.69 bits per heavy atom. The van der Waals surface area contributed by atoms with E-state index in [0.717, 1.165) is 5.06 Å². The Kier molecular flexibility index (Phi) is 7.22. The van der Waals surface area contributed by atoms with Gasteiger partial charge in [-0.1, -0.05) is 13.0 Å². The lowest BCUT2D eigenvalue weighted by atomic mass is 9.49. The number of aromatic hydroxyl groups is 1. The van der Waals surface area contributed by atoms with Crippen LogP contribution < -0.4 is 11.1 Å². The topological polar surface area (TPSA) is 231 Å². The minimum Gasteiger partial charge on any atom is -0.505 e. The molecule has 1 aromatic rings. The van der Waals surface area contributed by atoms with Gasteiger partial charge in [0.25, 0.3) is 0 Å². The van der Waals surface area contributed by atoms with Gasteiger partial charge in [0.15, 0.2) is 34.7 Å². The van der Waals surface area contributed by atoms with E-state index in [1.807, 2.05) is 0 Å². The fourth-order valence-electron chi connectivity index (χ4n) is 7.18. The van der Waals surface area contributed by atoms with Gasteiger partial charge in [-0.25, -0.2) is 4.79 Å². The van der Waals surface area contributed by atoms with Crippen molar-refractivity contribution in [3.63, 3.8) is 0 Å². The molecule has 0 bridgehead atoms. The van der Waals surface area contributed by atoms with Crippen LogP contribution in [0.3, 0.4) is 0 Å². The Labute approximate surface area is 239 Å². The number of hydrogen-bond acceptors (Lipinski definition) is 12. The van der Waals surface area contributed by atoms with Crippen LogP contribution in [0.2, 0.25) is 0 Å². The van der Waals surface area contributed by atoms with E-state index in [9.17, 15) is 49.3 Å². The van der Waals surface area contributed by atoms with Gasteiger partial charge in [-0.05, 0) is 31.6 Å². The summed E-state index contributed by atoms with van der Waals surface area (Å²) in [6.45, 7) is 2.44. The van der Waals surface area contributed by atoms with Crippen molar-refractivity contribution in [3.8, 4) is 5.75 Å². The van der Waals surface area contributed by atoms with Crippen molar-refractivity contribution in [2.45, 2.75) is 30.6 Å². The third kappa shape index (κ3) is 4.06. The largest absolute Gasteiger partial charge is 0.505 e. The number of rotatable bonds is 3. The predicted molar refractivity (Wildman–Crippen MR) is 141 cm³/mol. The number of amides is 3. The molecule has 6 unspecified atom stereocenters. The van der Waals surface area contributed by atoms with E-state index >= 15 is 0 Å². The maximum Gasteiger partial charge on any atom is 0.322 e. The van der Waals surface area contributed by atoms with Gasteiger partial charge in [0.2, 0.25) is 5.91 Å². The summed E-state index contributed by atoms with van der Waals surface area (Å²) in [7, 11) is 2.84. The number of fused-ring (bicyclic) bond motifs is 3. The second kappa shape index (κ2) is 10.2. The number of nitrogens with zero attached hydrogens (tertiary/aromatic N) is 3. The minimum atomic E-state index is -3.09. The molecule has 8 atom stereocenters. The number of hydroxylamine groups is 2. The lowest BCUT2D eigenvalue weighted by molar-refractivity contribution is -0.196. The van der Waals surface area contributed by atoms with Gasteiger partial charge in [-0.2, -0.15) is 5.06 Å². The van der Waals surface area contributed by atoms with Gasteiger partial charge in [0, 0.05) is 32.1 Å². The number of phenolic OH excluding ortho intramolecular Hbond substituents is 1. The van der Waals surface area contributed by atoms with E-state index in [0.29, 0.717) is 0 Å². The van der Waals surface area contributed by atoms with Crippen LogP contribution in [0.15, 0.2) is 12.1 Å². The third-order valence-electron chi connectivity index (χ3n) is 9.27. The summed E-state index contributed by atoms with van der Waals surface area (Å²) in [5.41, 5.74) is 2.03. The molecule has 3 amide bonds. The van der Waals surface area contributed by atoms with Crippen molar-refractivity contribution in [1.82, 2.24) is 14.9 Å². The number of phenols is 1. The van der Waals surface area contributed by atoms with E-state index < -0.39 is 88.2 Å². The minimum absolute atomic E-state index is 0.134. The summed E-state index contributed by atoms with van der Waals surface area (Å²) in [5.74, 6) is -14.4. The van der Waals surface area contributed by atoms with Crippen molar-refractivity contribution in [3.05, 3.63) is 23.3 Å². The molecule has 42 heavy (non-hydrogen) atoms. The number of aliphatic hydroxyl groups excluding tert-OH is 1. The van der Waals surface area contributed by atoms with E-state index in [4.69, 9.17) is 5.73 Å². The molecule has 1 aromatic carbocycles. The zero-order chi connectivity index (χ0) is 31.0. The zero-order valence-corrected chi connectivity index (χ0v) is 23.2. The molecule has 1 aliphatic heterocycles. The van der Waals surface area contributed by atoms with Crippen LogP contribution >= 0.6 is 0 Å². The van der Waals surface area contributed by atoms with Crippen LogP contribution in [-0.4, -0.2) is 128 Å². The summed E-state index contributed by atoms with van der Waals surface area (Å²) in [5, 5.41) is 47.6. The van der Waals surface area contributed by atoms with Crippen LogP contribution in [0.1, 0.15) is 28.8 Å². The van der Waals surface area contributed by atoms with Crippen molar-refractivity contribution < 1.29 is 49.3 Å². The average Bonchev–Trinajstić information content (AvgIpc) is 2.92. The van der Waals surface area contributed by atoms with Crippen molar-refractivity contribution in [2.24, 2.45) is 29.4 Å². The number of nitrogens with one attached hydrogen (secondary N) is 1. The maximum atomic E-state index is 14.0. The molecule has 2 saturated carbocycles. The molecule has 3 fully saturated rings. The molecule has 0 aromatic heterocycles. The summed E-state index contributed by atoms with van der Waals surface area (Å²) in [4.78, 5) is 82.2. The number of carbonyl (C=O) groups is 6. The molecule has 7 N–H and O–H groups in total. The number of primary amides is 1. The first-order valence-corrected chi connectivity index (χ1v) is 13.5. The van der Waals surface area contributed by atoms with E-state index in [1.54, 1.807) is 6.92 Å². The Balaban J connectivity index is 1.56. The number of carbonyl (C=O) groups excluding carboxylic acids is 6. The van der Waals surface area contributed by atoms with Crippen LogP contribution in [0, 0.1) is 23.7 Å². The fraction of sp³-hybridized carbons (Fsp3) is 0.556. The molecule has 226 valence electrons. The first-order chi connectivity index (χ1) is 19.6. The quantitative estimate of drug-likeness (QED) is 0.166. The van der Waals surface area contributed by atoms with Crippen LogP contribution in [0.5, 0.6) is 5.75 Å². The Morgan fingerprint density at radius 3 is 2.26 bits per heavy atom. The summed E-state index contributed by atoms with van der Waals surface area (Å²) < 4.78 is 0. The Hall–Kier alpha value is -3.76. The molecular weight excluding hydrogens is 554 g/mol. The molecule has 0 radical (unpaired) electrons. The number of likely N-dealkylation sites (N-methyl/N-ethyl adjacent to an activating group) is 1. The molecule has 4 aliphatic rings. The second-order valence-corrected chi connectivity index (χ2v) is 11.7. The summed E-state index contributed by atoms with van der Waals surface area (Å²) in [6.07, 6.45) is -1.73. The smallest absolute Gasteiger partial charge is 0.322 e. The van der Waals surface area contributed by atoms with Crippen molar-refractivity contribution in [2.75, 3.05) is 45.6 Å². The highest BCUT2D eigenvalue weighted by atomic mass is 16.5. The molecule has 3 aliphatic carbocycles. The molecule has 5 rings (SSSR count). The number of aliphatic hydroxyl groups is 2. The van der Waals surface area contributed by atoms with E-state index in [1.165, 1.54) is 36.0 Å². The second-order valence-electron chi connectivity index (χ2n) is 11.7. The number of ketones is 4. The number of piperazine rings is 1. The Morgan fingerprint density at radius 1 is 1.07 bits per heavy atom. The number of benzene rings is 1. The fourth-order valence-corrected chi connectivity index (χ4v) is 7.18. The van der Waals surface area contributed by atoms with Crippen LogP contribution in [-0.2, 0) is 19.2 Å². The lowest BCUT2D eigenvalue weighted by Crippen LogP contribution is -2.77. The molecule has 15 heteroatoms. The number of nitrogens with two attached hydrogens (primary N) is 1. The van der Waals surface area contributed by atoms with Crippen LogP contribution in [0.4, 0.5) is 10.5 Å². The molecule has 1 heterocycles. The van der Waals surface area contributed by atoms with Gasteiger partial charge in [-0.3, -0.25) is 28.9 Å². The van der Waals surface area contributed by atoms with Gasteiger partial charge in [0.1, 0.15) is 5.75 Å². The normalized spacial score (nSPS) is 35.0. The van der Waals surface area contributed by atoms with E-state index in [2.05, 4.69) is 5.32 Å². The standard InChI is InChI=1S/C27H33N5O10/c1-10-11-4-5-12(29-26(40)31-6-8-32(42)9-7-31)19(33)14(11)20(34)15-13(10)21(35)17-18(30(2)3)22(36)16(25(28)39)24(38)27(17,41)23(15)37/h4-5,10,13,15-18,21,33,35,41-42H,6-9H2,1-3H3,(H2,28,39)(H,29,40)/t10?,13?,15?,16?,17?,18-,21?,27-/m0/s1. The predicted octanol–water partition coefficient (Wildman–Crippen LogP) is -2.06. The number of Topliss-reactive ketones (excluding diaryl/α,β-unsaturated/α-hetero) is 4. The third-order valence-corrected chi connectivity index (χ3v) is 9.27. The highest BCUT2D eigenvalue weighted by molar-refractivity contribution is 6.32. The maximum absolute atomic E-state index is 14.0. The molecular formula is C27H33N5O10. The number of anilines is 1. The van der Waals surface area contributed by atoms with Gasteiger partial charge < -0.3 is 36.5 Å². The summed E-state index contributed by atoms with van der Waals surface area (Å²) >= 11 is 0. The van der Waals surface area contributed by atoms with Crippen molar-refractivity contribution in [1.29, 1.82) is 0 Å². The zero-order valence-electron chi connectivity index (χ0n) is 23.2.